The molecular formula is C29H36N4O2. The van der Waals surface area contributed by atoms with Gasteiger partial charge < -0.3 is 20.5 Å². The number of amides is 2. The Bertz CT molecular complexity index is 1210. The van der Waals surface area contributed by atoms with Crippen molar-refractivity contribution in [1.29, 1.82) is 0 Å². The first-order chi connectivity index (χ1) is 16.9. The number of rotatable bonds is 11. The minimum atomic E-state index is -0.205. The molecule has 0 saturated carbocycles. The van der Waals surface area contributed by atoms with Crippen molar-refractivity contribution in [2.45, 2.75) is 47.1 Å². The molecule has 6 heteroatoms. The molecule has 184 valence electrons. The third kappa shape index (κ3) is 7.09. The Labute approximate surface area is 208 Å². The van der Waals surface area contributed by atoms with Crippen molar-refractivity contribution in [3.63, 3.8) is 0 Å². The summed E-state index contributed by atoms with van der Waals surface area (Å²) in [5, 5.41) is 7.44. The van der Waals surface area contributed by atoms with Crippen LogP contribution in [0, 0.1) is 0 Å². The highest BCUT2D eigenvalue weighted by Gasteiger charge is 2.23. The largest absolute Gasteiger partial charge is 0.380 e. The van der Waals surface area contributed by atoms with E-state index in [2.05, 4.69) is 27.8 Å². The van der Waals surface area contributed by atoms with Crippen LogP contribution in [0.2, 0.25) is 0 Å². The molecule has 3 N–H and O–H groups in total. The van der Waals surface area contributed by atoms with E-state index in [0.29, 0.717) is 18.8 Å². The lowest BCUT2D eigenvalue weighted by Gasteiger charge is -2.26. The van der Waals surface area contributed by atoms with E-state index in [1.807, 2.05) is 82.4 Å². The van der Waals surface area contributed by atoms with Gasteiger partial charge in [0.2, 0.25) is 5.91 Å². The fourth-order valence-corrected chi connectivity index (χ4v) is 3.81. The van der Waals surface area contributed by atoms with Crippen molar-refractivity contribution in [3.8, 4) is 0 Å². The number of aromatic amines is 1. The molecule has 3 rings (SSSR count). The lowest BCUT2D eigenvalue weighted by atomic mass is 10.1. The molecule has 3 aromatic rings. The van der Waals surface area contributed by atoms with E-state index in [1.165, 1.54) is 5.56 Å². The number of fused-ring (bicyclic) bond motifs is 1. The van der Waals surface area contributed by atoms with Gasteiger partial charge in [-0.1, -0.05) is 55.5 Å². The van der Waals surface area contributed by atoms with Crippen molar-refractivity contribution in [2.24, 2.45) is 0 Å². The monoisotopic (exact) mass is 472 g/mol. The number of allylic oxidation sites excluding steroid dienone is 3. The molecule has 0 aliphatic heterocycles. The van der Waals surface area contributed by atoms with Crippen LogP contribution in [0.3, 0.4) is 0 Å². The summed E-state index contributed by atoms with van der Waals surface area (Å²) in [6, 6.07) is 18.2. The summed E-state index contributed by atoms with van der Waals surface area (Å²) in [7, 11) is 0. The fraction of sp³-hybridized carbons (Fsp3) is 0.310. The average Bonchev–Trinajstić information content (AvgIpc) is 3.36. The number of hydrogen-bond donors (Lipinski definition) is 3. The molecule has 0 unspecified atom stereocenters. The van der Waals surface area contributed by atoms with Crippen LogP contribution in [0.4, 0.5) is 0 Å². The van der Waals surface area contributed by atoms with Gasteiger partial charge in [0, 0.05) is 30.5 Å². The smallest absolute Gasteiger partial charge is 0.274 e. The summed E-state index contributed by atoms with van der Waals surface area (Å²) < 4.78 is 0. The summed E-state index contributed by atoms with van der Waals surface area (Å²) in [5.41, 5.74) is 5.51. The molecule has 0 saturated heterocycles. The molecule has 0 aliphatic carbocycles. The summed E-state index contributed by atoms with van der Waals surface area (Å²) >= 11 is 0. The van der Waals surface area contributed by atoms with Crippen molar-refractivity contribution < 1.29 is 9.59 Å². The fourth-order valence-electron chi connectivity index (χ4n) is 3.81. The van der Waals surface area contributed by atoms with Gasteiger partial charge in [0.15, 0.2) is 0 Å². The normalized spacial score (nSPS) is 12.3. The van der Waals surface area contributed by atoms with Gasteiger partial charge in [0.05, 0.1) is 5.70 Å². The Morgan fingerprint density at radius 1 is 1.00 bits per heavy atom. The van der Waals surface area contributed by atoms with E-state index in [4.69, 9.17) is 0 Å². The lowest BCUT2D eigenvalue weighted by molar-refractivity contribution is -0.131. The van der Waals surface area contributed by atoms with Crippen LogP contribution in [-0.2, 0) is 22.6 Å². The zero-order valence-electron chi connectivity index (χ0n) is 21.2. The van der Waals surface area contributed by atoms with Crippen molar-refractivity contribution >= 4 is 22.7 Å². The quantitative estimate of drug-likeness (QED) is 0.342. The van der Waals surface area contributed by atoms with E-state index in [-0.39, 0.29) is 18.4 Å². The maximum Gasteiger partial charge on any atom is 0.274 e. The van der Waals surface area contributed by atoms with Crippen LogP contribution in [-0.4, -0.2) is 34.8 Å². The third-order valence-electron chi connectivity index (χ3n) is 6.23. The SMILES string of the molecule is C/C=C(/C)N(CC(=O)NCc1ccc2cc[nH]c2c1)C(=O)/C(NCCc1ccccc1)=C(\C)CC. The van der Waals surface area contributed by atoms with Crippen LogP contribution in [0.5, 0.6) is 0 Å². The highest BCUT2D eigenvalue weighted by atomic mass is 16.2. The van der Waals surface area contributed by atoms with Crippen LogP contribution >= 0.6 is 0 Å². The van der Waals surface area contributed by atoms with E-state index in [0.717, 1.165) is 40.6 Å². The molecule has 1 heterocycles. The minimum Gasteiger partial charge on any atom is -0.380 e. The predicted octanol–water partition coefficient (Wildman–Crippen LogP) is 5.05. The molecule has 0 aliphatic rings. The van der Waals surface area contributed by atoms with Gasteiger partial charge in [0.1, 0.15) is 6.54 Å². The maximum atomic E-state index is 13.6. The van der Waals surface area contributed by atoms with Crippen LogP contribution < -0.4 is 10.6 Å². The molecule has 0 radical (unpaired) electrons. The molecule has 35 heavy (non-hydrogen) atoms. The number of hydrogen-bond acceptors (Lipinski definition) is 3. The van der Waals surface area contributed by atoms with Gasteiger partial charge in [-0.05, 0) is 67.8 Å². The number of carbonyl (C=O) groups excluding carboxylic acids is 2. The first-order valence-corrected chi connectivity index (χ1v) is 12.2. The first-order valence-electron chi connectivity index (χ1n) is 12.2. The highest BCUT2D eigenvalue weighted by Crippen LogP contribution is 2.15. The topological polar surface area (TPSA) is 77.2 Å². The summed E-state index contributed by atoms with van der Waals surface area (Å²) in [6.45, 7) is 8.71. The summed E-state index contributed by atoms with van der Waals surface area (Å²) in [5.74, 6) is -0.389. The van der Waals surface area contributed by atoms with E-state index in [1.54, 1.807) is 4.90 Å². The number of nitrogens with one attached hydrogen (secondary N) is 3. The van der Waals surface area contributed by atoms with Gasteiger partial charge >= 0.3 is 0 Å². The number of benzene rings is 2. The number of nitrogens with zero attached hydrogens (tertiary/aromatic N) is 1. The summed E-state index contributed by atoms with van der Waals surface area (Å²) in [6.07, 6.45) is 5.30. The molecule has 0 spiro atoms. The lowest BCUT2D eigenvalue weighted by Crippen LogP contribution is -2.42. The first kappa shape index (κ1) is 25.8. The van der Waals surface area contributed by atoms with E-state index < -0.39 is 0 Å². The Morgan fingerprint density at radius 3 is 2.49 bits per heavy atom. The number of aromatic nitrogens is 1. The maximum absolute atomic E-state index is 13.6. The van der Waals surface area contributed by atoms with Crippen molar-refractivity contribution in [2.75, 3.05) is 13.1 Å². The Hall–Kier alpha value is -3.80. The molecule has 0 fully saturated rings. The van der Waals surface area contributed by atoms with Crippen molar-refractivity contribution in [1.82, 2.24) is 20.5 Å². The minimum absolute atomic E-state index is 0.0411. The Morgan fingerprint density at radius 2 is 1.77 bits per heavy atom. The van der Waals surface area contributed by atoms with Gasteiger partial charge in [-0.15, -0.1) is 0 Å². The molecule has 6 nitrogen and oxygen atoms in total. The van der Waals surface area contributed by atoms with Gasteiger partial charge in [-0.2, -0.15) is 0 Å². The molecule has 1 aromatic heterocycles. The third-order valence-corrected chi connectivity index (χ3v) is 6.23. The molecular weight excluding hydrogens is 436 g/mol. The van der Waals surface area contributed by atoms with Crippen molar-refractivity contribution in [3.05, 3.63) is 95.0 Å². The van der Waals surface area contributed by atoms with E-state index in [9.17, 15) is 9.59 Å². The van der Waals surface area contributed by atoms with Crippen LogP contribution in [0.15, 0.2) is 83.8 Å². The van der Waals surface area contributed by atoms with Gasteiger partial charge in [-0.3, -0.25) is 9.59 Å². The van der Waals surface area contributed by atoms with E-state index >= 15 is 0 Å². The predicted molar refractivity (Wildman–Crippen MR) is 142 cm³/mol. The average molecular weight is 473 g/mol. The Kier molecular flexibility index (Phi) is 9.30. The van der Waals surface area contributed by atoms with Crippen LogP contribution in [0.1, 0.15) is 45.2 Å². The number of carbonyl (C=O) groups is 2. The Balaban J connectivity index is 1.66. The molecule has 0 atom stereocenters. The van der Waals surface area contributed by atoms with Gasteiger partial charge in [0.25, 0.3) is 5.91 Å². The molecule has 2 aromatic carbocycles. The highest BCUT2D eigenvalue weighted by molar-refractivity contribution is 5.97. The second kappa shape index (κ2) is 12.6. The number of H-pyrrole nitrogens is 1. The molecule has 0 bridgehead atoms. The van der Waals surface area contributed by atoms with Crippen LogP contribution in [0.25, 0.3) is 10.9 Å². The second-order valence-corrected chi connectivity index (χ2v) is 8.67. The zero-order chi connectivity index (χ0) is 25.2. The second-order valence-electron chi connectivity index (χ2n) is 8.67. The molecule has 2 amide bonds. The van der Waals surface area contributed by atoms with Gasteiger partial charge in [-0.25, -0.2) is 0 Å². The summed E-state index contributed by atoms with van der Waals surface area (Å²) in [4.78, 5) is 31.2. The standard InChI is InChI=1S/C29H36N4O2/c1-5-21(3)28(31-16-14-23-10-8-7-9-11-23)29(35)33(22(4)6-2)20-27(34)32-19-24-12-13-25-15-17-30-26(25)18-24/h6-13,15,17-18,30-31H,5,14,16,19-20H2,1-4H3,(H,32,34)/b22-6-,28-21-. The zero-order valence-corrected chi connectivity index (χ0v) is 21.2.